The highest BCUT2D eigenvalue weighted by Gasteiger charge is 2.27. The molecule has 1 aliphatic carbocycles. The van der Waals surface area contributed by atoms with Gasteiger partial charge in [-0.05, 0) is 24.8 Å². The van der Waals surface area contributed by atoms with Crippen molar-refractivity contribution >= 4 is 11.3 Å². The number of aromatic hydroxyl groups is 1. The molecule has 13 heavy (non-hydrogen) atoms. The van der Waals surface area contributed by atoms with Crippen LogP contribution in [0.2, 0.25) is 0 Å². The van der Waals surface area contributed by atoms with Crippen LogP contribution in [0.25, 0.3) is 0 Å². The molecule has 1 unspecified atom stereocenters. The Bertz CT molecular complexity index is 307. The Labute approximate surface area is 80.8 Å². The maximum atomic E-state index is 9.50. The summed E-state index contributed by atoms with van der Waals surface area (Å²) in [6.07, 6.45) is 1.70. The Kier molecular flexibility index (Phi) is 2.27. The van der Waals surface area contributed by atoms with Gasteiger partial charge in [-0.25, -0.2) is 0 Å². The number of aliphatic hydroxyl groups is 1. The average Bonchev–Trinajstić information content (AvgIpc) is 2.89. The topological polar surface area (TPSA) is 66.5 Å². The highest BCUT2D eigenvalue weighted by atomic mass is 32.1. The van der Waals surface area contributed by atoms with E-state index in [0.29, 0.717) is 10.8 Å². The second-order valence-corrected chi connectivity index (χ2v) is 4.54. The summed E-state index contributed by atoms with van der Waals surface area (Å²) in [5.41, 5.74) is 5.32. The standard InChI is InChI=1S/C9H13NO2S/c10-4-7(12)9-6(11)3-8(13-9)5-1-2-5/h3,5,7,11-12H,1-2,4,10H2. The largest absolute Gasteiger partial charge is 0.507 e. The Balaban J connectivity index is 2.24. The molecule has 0 aliphatic heterocycles. The molecule has 0 spiro atoms. The summed E-state index contributed by atoms with van der Waals surface area (Å²) in [4.78, 5) is 1.80. The van der Waals surface area contributed by atoms with Gasteiger partial charge in [0.2, 0.25) is 0 Å². The van der Waals surface area contributed by atoms with E-state index in [1.807, 2.05) is 0 Å². The summed E-state index contributed by atoms with van der Waals surface area (Å²) in [6, 6.07) is 1.76. The lowest BCUT2D eigenvalue weighted by Crippen LogP contribution is -2.10. The van der Waals surface area contributed by atoms with Crippen LogP contribution >= 0.6 is 11.3 Å². The Morgan fingerprint density at radius 1 is 1.62 bits per heavy atom. The maximum Gasteiger partial charge on any atom is 0.132 e. The fourth-order valence-corrected chi connectivity index (χ4v) is 2.55. The van der Waals surface area contributed by atoms with Gasteiger partial charge in [0.05, 0.1) is 4.88 Å². The van der Waals surface area contributed by atoms with Crippen molar-refractivity contribution < 1.29 is 10.2 Å². The van der Waals surface area contributed by atoms with E-state index >= 15 is 0 Å². The van der Waals surface area contributed by atoms with Gasteiger partial charge in [-0.15, -0.1) is 11.3 Å². The van der Waals surface area contributed by atoms with E-state index in [0.717, 1.165) is 0 Å². The second-order valence-electron chi connectivity index (χ2n) is 3.42. The van der Waals surface area contributed by atoms with Gasteiger partial charge in [0.1, 0.15) is 11.9 Å². The van der Waals surface area contributed by atoms with Gasteiger partial charge in [-0.3, -0.25) is 0 Å². The number of nitrogens with two attached hydrogens (primary N) is 1. The molecular formula is C9H13NO2S. The molecule has 2 rings (SSSR count). The fourth-order valence-electron chi connectivity index (χ4n) is 1.33. The SMILES string of the molecule is NCC(O)c1sc(C2CC2)cc1O. The van der Waals surface area contributed by atoms with Crippen LogP contribution in [0.1, 0.15) is 34.6 Å². The first-order chi connectivity index (χ1) is 6.22. The third-order valence-electron chi connectivity index (χ3n) is 2.26. The molecule has 0 saturated heterocycles. The monoisotopic (exact) mass is 199 g/mol. The van der Waals surface area contributed by atoms with Crippen molar-refractivity contribution in [2.45, 2.75) is 24.9 Å². The molecule has 1 aromatic rings. The first kappa shape index (κ1) is 8.99. The molecule has 0 bridgehead atoms. The van der Waals surface area contributed by atoms with E-state index in [9.17, 15) is 10.2 Å². The van der Waals surface area contributed by atoms with E-state index in [1.165, 1.54) is 29.1 Å². The molecule has 4 heteroatoms. The van der Waals surface area contributed by atoms with Crippen LogP contribution in [0.5, 0.6) is 5.75 Å². The molecule has 3 nitrogen and oxygen atoms in total. The zero-order valence-electron chi connectivity index (χ0n) is 7.23. The van der Waals surface area contributed by atoms with Crippen LogP contribution in [-0.4, -0.2) is 16.8 Å². The molecule has 1 aromatic heterocycles. The van der Waals surface area contributed by atoms with Crippen molar-refractivity contribution in [2.24, 2.45) is 5.73 Å². The smallest absolute Gasteiger partial charge is 0.132 e. The van der Waals surface area contributed by atoms with Gasteiger partial charge in [0.15, 0.2) is 0 Å². The van der Waals surface area contributed by atoms with Gasteiger partial charge < -0.3 is 15.9 Å². The minimum Gasteiger partial charge on any atom is -0.507 e. The highest BCUT2D eigenvalue weighted by Crippen LogP contribution is 2.47. The minimum atomic E-state index is -0.711. The number of rotatable bonds is 3. The molecule has 0 amide bonds. The van der Waals surface area contributed by atoms with E-state index < -0.39 is 6.10 Å². The predicted molar refractivity (Wildman–Crippen MR) is 52.0 cm³/mol. The second kappa shape index (κ2) is 3.29. The molecule has 0 radical (unpaired) electrons. The zero-order chi connectivity index (χ0) is 9.42. The van der Waals surface area contributed by atoms with E-state index in [-0.39, 0.29) is 12.3 Å². The van der Waals surface area contributed by atoms with E-state index in [2.05, 4.69) is 0 Å². The Hall–Kier alpha value is -0.580. The molecule has 72 valence electrons. The molecule has 1 fully saturated rings. The lowest BCUT2D eigenvalue weighted by molar-refractivity contribution is 0.187. The molecule has 4 N–H and O–H groups in total. The molecule has 1 saturated carbocycles. The van der Waals surface area contributed by atoms with Crippen LogP contribution in [0, 0.1) is 0 Å². The summed E-state index contributed by atoms with van der Waals surface area (Å²) >= 11 is 1.48. The molecule has 0 aromatic carbocycles. The molecule has 1 aliphatic rings. The van der Waals surface area contributed by atoms with Gasteiger partial charge in [0.25, 0.3) is 0 Å². The quantitative estimate of drug-likeness (QED) is 0.688. The van der Waals surface area contributed by atoms with Crippen LogP contribution in [0.3, 0.4) is 0 Å². The fraction of sp³-hybridized carbons (Fsp3) is 0.556. The lowest BCUT2D eigenvalue weighted by Gasteiger charge is -2.03. The zero-order valence-corrected chi connectivity index (χ0v) is 8.05. The van der Waals surface area contributed by atoms with Crippen molar-refractivity contribution in [3.8, 4) is 5.75 Å². The predicted octanol–water partition coefficient (Wildman–Crippen LogP) is 1.32. The van der Waals surface area contributed by atoms with Crippen LogP contribution in [-0.2, 0) is 0 Å². The maximum absolute atomic E-state index is 9.50. The van der Waals surface area contributed by atoms with Crippen molar-refractivity contribution in [1.29, 1.82) is 0 Å². The van der Waals surface area contributed by atoms with Crippen molar-refractivity contribution in [3.63, 3.8) is 0 Å². The summed E-state index contributed by atoms with van der Waals surface area (Å²) in [7, 11) is 0. The lowest BCUT2D eigenvalue weighted by atomic mass is 10.2. The number of thiophene rings is 1. The molecule has 1 heterocycles. The normalized spacial score (nSPS) is 18.9. The van der Waals surface area contributed by atoms with Gasteiger partial charge in [-0.2, -0.15) is 0 Å². The molecular weight excluding hydrogens is 186 g/mol. The number of hydrogen-bond donors (Lipinski definition) is 3. The van der Waals surface area contributed by atoms with Crippen LogP contribution in [0.15, 0.2) is 6.07 Å². The Morgan fingerprint density at radius 3 is 2.85 bits per heavy atom. The van der Waals surface area contributed by atoms with Crippen molar-refractivity contribution in [3.05, 3.63) is 15.8 Å². The summed E-state index contributed by atoms with van der Waals surface area (Å²) in [5, 5.41) is 19.0. The third kappa shape index (κ3) is 1.70. The van der Waals surface area contributed by atoms with Crippen LogP contribution in [0.4, 0.5) is 0 Å². The number of aliphatic hydroxyl groups excluding tert-OH is 1. The average molecular weight is 199 g/mol. The molecule has 1 atom stereocenters. The number of hydrogen-bond acceptors (Lipinski definition) is 4. The first-order valence-electron chi connectivity index (χ1n) is 4.43. The summed E-state index contributed by atoms with van der Waals surface area (Å²) < 4.78 is 0. The van der Waals surface area contributed by atoms with E-state index in [1.54, 1.807) is 6.07 Å². The minimum absolute atomic E-state index is 0.165. The van der Waals surface area contributed by atoms with Crippen molar-refractivity contribution in [1.82, 2.24) is 0 Å². The first-order valence-corrected chi connectivity index (χ1v) is 5.24. The van der Waals surface area contributed by atoms with Gasteiger partial charge in [0, 0.05) is 11.4 Å². The van der Waals surface area contributed by atoms with Gasteiger partial charge >= 0.3 is 0 Å². The third-order valence-corrected chi connectivity index (χ3v) is 3.65. The summed E-state index contributed by atoms with van der Waals surface area (Å²) in [6.45, 7) is 0.165. The Morgan fingerprint density at radius 2 is 2.31 bits per heavy atom. The summed E-state index contributed by atoms with van der Waals surface area (Å²) in [5.74, 6) is 0.819. The van der Waals surface area contributed by atoms with Crippen LogP contribution < -0.4 is 5.73 Å². The van der Waals surface area contributed by atoms with Gasteiger partial charge in [-0.1, -0.05) is 0 Å². The highest BCUT2D eigenvalue weighted by molar-refractivity contribution is 7.12. The van der Waals surface area contributed by atoms with Crippen molar-refractivity contribution in [2.75, 3.05) is 6.54 Å². The van der Waals surface area contributed by atoms with E-state index in [4.69, 9.17) is 5.73 Å².